The summed E-state index contributed by atoms with van der Waals surface area (Å²) in [6.45, 7) is 4.25. The van der Waals surface area contributed by atoms with E-state index in [1.165, 1.54) is 16.6 Å². The van der Waals surface area contributed by atoms with Gasteiger partial charge in [0.25, 0.3) is 5.56 Å². The molecule has 8 heteroatoms. The Labute approximate surface area is 216 Å². The van der Waals surface area contributed by atoms with Gasteiger partial charge < -0.3 is 15.6 Å². The molecule has 192 valence electrons. The van der Waals surface area contributed by atoms with Crippen LogP contribution in [0.3, 0.4) is 0 Å². The standard InChI is InChI=1S/C29H34N6O2/c1-20(2)33-26-18-31-25(9-13-29(11-6-12-29)22-7-4-3-5-8-22)28(37)35(26)19-27(36)32-17-23-15-21-16-30-14-10-24(21)34-23/h3-5,7-8,10,14-16,18,20,33-34H,6,9,11-13,17,19H2,1-2H3,(H,32,36). The first-order chi connectivity index (χ1) is 17.9. The molecule has 0 unspecified atom stereocenters. The highest BCUT2D eigenvalue weighted by Gasteiger charge is 2.38. The second kappa shape index (κ2) is 10.6. The van der Waals surface area contributed by atoms with E-state index in [1.807, 2.05) is 32.0 Å². The van der Waals surface area contributed by atoms with E-state index >= 15 is 0 Å². The molecule has 1 saturated carbocycles. The zero-order valence-corrected chi connectivity index (χ0v) is 21.5. The molecule has 5 rings (SSSR count). The zero-order valence-electron chi connectivity index (χ0n) is 21.5. The second-order valence-corrected chi connectivity index (χ2v) is 10.3. The normalized spacial score (nSPS) is 14.5. The minimum Gasteiger partial charge on any atom is -0.368 e. The topological polar surface area (TPSA) is 105 Å². The van der Waals surface area contributed by atoms with Gasteiger partial charge in [0.05, 0.1) is 12.7 Å². The van der Waals surface area contributed by atoms with Crippen molar-refractivity contribution in [2.75, 3.05) is 5.32 Å². The fraction of sp³-hybridized carbons (Fsp3) is 0.379. The molecule has 1 fully saturated rings. The Balaban J connectivity index is 1.31. The lowest BCUT2D eigenvalue weighted by molar-refractivity contribution is -0.121. The lowest BCUT2D eigenvalue weighted by atomic mass is 9.62. The summed E-state index contributed by atoms with van der Waals surface area (Å²) in [5.41, 5.74) is 3.60. The van der Waals surface area contributed by atoms with E-state index in [1.54, 1.807) is 18.6 Å². The minimum atomic E-state index is -0.234. The summed E-state index contributed by atoms with van der Waals surface area (Å²) in [6.07, 6.45) is 10.1. The van der Waals surface area contributed by atoms with Crippen LogP contribution in [0.1, 0.15) is 56.5 Å². The average molecular weight is 499 g/mol. The quantitative estimate of drug-likeness (QED) is 0.302. The van der Waals surface area contributed by atoms with Crippen LogP contribution in [0.15, 0.2) is 65.8 Å². The van der Waals surface area contributed by atoms with Crippen molar-refractivity contribution in [3.8, 4) is 0 Å². The number of amides is 1. The van der Waals surface area contributed by atoms with Crippen LogP contribution >= 0.6 is 0 Å². The van der Waals surface area contributed by atoms with Crippen molar-refractivity contribution in [2.45, 2.75) is 70.5 Å². The molecule has 0 atom stereocenters. The third-order valence-electron chi connectivity index (χ3n) is 7.35. The fourth-order valence-corrected chi connectivity index (χ4v) is 5.23. The number of carbonyl (C=O) groups is 1. The maximum Gasteiger partial charge on any atom is 0.274 e. The number of rotatable bonds is 10. The van der Waals surface area contributed by atoms with Gasteiger partial charge in [0.2, 0.25) is 5.91 Å². The molecule has 3 heterocycles. The number of benzene rings is 1. The number of fused-ring (bicyclic) bond motifs is 1. The summed E-state index contributed by atoms with van der Waals surface area (Å²) >= 11 is 0. The van der Waals surface area contributed by atoms with E-state index in [4.69, 9.17) is 0 Å². The Morgan fingerprint density at radius 1 is 1.16 bits per heavy atom. The van der Waals surface area contributed by atoms with Crippen molar-refractivity contribution < 1.29 is 4.79 Å². The first kappa shape index (κ1) is 24.7. The third kappa shape index (κ3) is 5.43. The van der Waals surface area contributed by atoms with Gasteiger partial charge in [-0.1, -0.05) is 36.8 Å². The number of anilines is 1. The molecule has 0 radical (unpaired) electrons. The number of H-pyrrole nitrogens is 1. The largest absolute Gasteiger partial charge is 0.368 e. The summed E-state index contributed by atoms with van der Waals surface area (Å²) in [5.74, 6) is 0.319. The minimum absolute atomic E-state index is 0.0744. The molecular weight excluding hydrogens is 464 g/mol. The predicted molar refractivity (Wildman–Crippen MR) is 145 cm³/mol. The summed E-state index contributed by atoms with van der Waals surface area (Å²) in [7, 11) is 0. The zero-order chi connectivity index (χ0) is 25.8. The molecule has 3 aromatic heterocycles. The van der Waals surface area contributed by atoms with Gasteiger partial charge in [-0.2, -0.15) is 0 Å². The molecule has 1 aliphatic carbocycles. The van der Waals surface area contributed by atoms with Crippen molar-refractivity contribution in [2.24, 2.45) is 0 Å². The van der Waals surface area contributed by atoms with Crippen LogP contribution in [0, 0.1) is 0 Å². The van der Waals surface area contributed by atoms with E-state index in [9.17, 15) is 9.59 Å². The molecule has 0 bridgehead atoms. The van der Waals surface area contributed by atoms with Gasteiger partial charge in [-0.25, -0.2) is 0 Å². The van der Waals surface area contributed by atoms with Crippen LogP contribution in [-0.2, 0) is 29.7 Å². The van der Waals surface area contributed by atoms with Gasteiger partial charge >= 0.3 is 0 Å². The number of aromatic amines is 1. The van der Waals surface area contributed by atoms with E-state index in [0.29, 0.717) is 24.5 Å². The van der Waals surface area contributed by atoms with Crippen molar-refractivity contribution in [3.63, 3.8) is 0 Å². The molecule has 8 nitrogen and oxygen atoms in total. The monoisotopic (exact) mass is 498 g/mol. The lowest BCUT2D eigenvalue weighted by Gasteiger charge is -2.42. The molecule has 37 heavy (non-hydrogen) atoms. The maximum absolute atomic E-state index is 13.5. The number of aryl methyl sites for hydroxylation is 1. The van der Waals surface area contributed by atoms with Crippen LogP contribution in [0.2, 0.25) is 0 Å². The highest BCUT2D eigenvalue weighted by Crippen LogP contribution is 2.46. The number of hydrogen-bond donors (Lipinski definition) is 3. The number of carbonyl (C=O) groups excluding carboxylic acids is 1. The highest BCUT2D eigenvalue weighted by atomic mass is 16.2. The number of hydrogen-bond acceptors (Lipinski definition) is 5. The van der Waals surface area contributed by atoms with E-state index in [2.05, 4.69) is 49.9 Å². The van der Waals surface area contributed by atoms with Crippen molar-refractivity contribution in [1.82, 2.24) is 24.8 Å². The van der Waals surface area contributed by atoms with Crippen molar-refractivity contribution in [1.29, 1.82) is 0 Å². The van der Waals surface area contributed by atoms with E-state index < -0.39 is 0 Å². The Morgan fingerprint density at radius 2 is 1.97 bits per heavy atom. The molecule has 0 saturated heterocycles. The first-order valence-corrected chi connectivity index (χ1v) is 13.0. The lowest BCUT2D eigenvalue weighted by Crippen LogP contribution is -2.38. The van der Waals surface area contributed by atoms with Gasteiger partial charge in [-0.15, -0.1) is 0 Å². The fourth-order valence-electron chi connectivity index (χ4n) is 5.23. The molecule has 0 aliphatic heterocycles. The average Bonchev–Trinajstić information content (AvgIpc) is 3.29. The van der Waals surface area contributed by atoms with E-state index in [0.717, 1.165) is 35.9 Å². The number of nitrogens with zero attached hydrogens (tertiary/aromatic N) is 3. The van der Waals surface area contributed by atoms with Crippen LogP contribution < -0.4 is 16.2 Å². The number of pyridine rings is 1. The number of nitrogens with one attached hydrogen (secondary N) is 3. The van der Waals surface area contributed by atoms with Crippen molar-refractivity contribution >= 4 is 22.6 Å². The SMILES string of the molecule is CC(C)Nc1cnc(CCC2(c3ccccc3)CCC2)c(=O)n1CC(=O)NCc1cc2cnccc2[nH]1. The molecule has 3 N–H and O–H groups in total. The van der Waals surface area contributed by atoms with Gasteiger partial charge in [-0.3, -0.25) is 24.1 Å². The van der Waals surface area contributed by atoms with Crippen LogP contribution in [0.4, 0.5) is 5.82 Å². The summed E-state index contributed by atoms with van der Waals surface area (Å²) in [4.78, 5) is 38.4. The Hall–Kier alpha value is -3.94. The van der Waals surface area contributed by atoms with Gasteiger partial charge in [0.1, 0.15) is 18.1 Å². The first-order valence-electron chi connectivity index (χ1n) is 13.0. The molecular formula is C29H34N6O2. The predicted octanol–water partition coefficient (Wildman–Crippen LogP) is 4.31. The molecule has 1 aliphatic rings. The van der Waals surface area contributed by atoms with Crippen molar-refractivity contribution in [3.05, 3.63) is 88.4 Å². The smallest absolute Gasteiger partial charge is 0.274 e. The molecule has 0 spiro atoms. The van der Waals surface area contributed by atoms with Gasteiger partial charge in [0.15, 0.2) is 0 Å². The molecule has 4 aromatic rings. The summed E-state index contributed by atoms with van der Waals surface area (Å²) in [6, 6.07) is 14.5. The Kier molecular flexibility index (Phi) is 7.08. The third-order valence-corrected chi connectivity index (χ3v) is 7.35. The Bertz CT molecular complexity index is 1400. The summed E-state index contributed by atoms with van der Waals surface area (Å²) < 4.78 is 1.52. The maximum atomic E-state index is 13.5. The molecule has 1 amide bonds. The van der Waals surface area contributed by atoms with Crippen LogP contribution in [-0.4, -0.2) is 31.5 Å². The second-order valence-electron chi connectivity index (χ2n) is 10.3. The number of aromatic nitrogens is 4. The van der Waals surface area contributed by atoms with E-state index in [-0.39, 0.29) is 29.5 Å². The highest BCUT2D eigenvalue weighted by molar-refractivity contribution is 5.80. The van der Waals surface area contributed by atoms with Gasteiger partial charge in [-0.05, 0) is 62.6 Å². The Morgan fingerprint density at radius 3 is 2.68 bits per heavy atom. The van der Waals surface area contributed by atoms with Crippen LogP contribution in [0.25, 0.3) is 10.9 Å². The van der Waals surface area contributed by atoms with Gasteiger partial charge in [0, 0.05) is 35.0 Å². The van der Waals surface area contributed by atoms with Crippen LogP contribution in [0.5, 0.6) is 0 Å². The molecule has 1 aromatic carbocycles. The summed E-state index contributed by atoms with van der Waals surface area (Å²) in [5, 5.41) is 7.19.